The summed E-state index contributed by atoms with van der Waals surface area (Å²) in [5.74, 6) is 1.10. The van der Waals surface area contributed by atoms with E-state index in [9.17, 15) is 15.0 Å². The molecule has 0 aromatic carbocycles. The van der Waals surface area contributed by atoms with Gasteiger partial charge in [-0.25, -0.2) is 4.98 Å². The number of anilines is 1. The molecule has 2 aliphatic rings. The van der Waals surface area contributed by atoms with Gasteiger partial charge in [0.1, 0.15) is 11.6 Å². The summed E-state index contributed by atoms with van der Waals surface area (Å²) in [6.45, 7) is 0.288. The molecule has 1 unspecified atom stereocenters. The van der Waals surface area contributed by atoms with Gasteiger partial charge >= 0.3 is 0 Å². The summed E-state index contributed by atoms with van der Waals surface area (Å²) in [6, 6.07) is 0. The lowest BCUT2D eigenvalue weighted by molar-refractivity contribution is 0.214. The van der Waals surface area contributed by atoms with Crippen LogP contribution < -0.4 is 10.9 Å². The van der Waals surface area contributed by atoms with Crippen molar-refractivity contribution in [3.8, 4) is 0 Å². The van der Waals surface area contributed by atoms with Gasteiger partial charge in [0.2, 0.25) is 0 Å². The van der Waals surface area contributed by atoms with Gasteiger partial charge in [0.15, 0.2) is 0 Å². The van der Waals surface area contributed by atoms with E-state index in [-0.39, 0.29) is 17.7 Å². The molecule has 1 aliphatic carbocycles. The maximum atomic E-state index is 12.4. The molecule has 1 aliphatic heterocycles. The van der Waals surface area contributed by atoms with Crippen LogP contribution in [0.5, 0.6) is 0 Å². The highest BCUT2D eigenvalue weighted by Crippen LogP contribution is 2.20. The Morgan fingerprint density at radius 2 is 2.29 bits per heavy atom. The van der Waals surface area contributed by atoms with E-state index in [0.717, 1.165) is 25.1 Å². The van der Waals surface area contributed by atoms with Crippen molar-refractivity contribution in [3.05, 3.63) is 45.7 Å². The predicted octanol–water partition coefficient (Wildman–Crippen LogP) is 0.688. The summed E-state index contributed by atoms with van der Waals surface area (Å²) < 4.78 is 1.64. The number of allylic oxidation sites excluding steroid dienone is 2. The van der Waals surface area contributed by atoms with Gasteiger partial charge in [0.05, 0.1) is 18.3 Å². The highest BCUT2D eigenvalue weighted by Gasteiger charge is 2.20. The van der Waals surface area contributed by atoms with Gasteiger partial charge < -0.3 is 15.5 Å². The molecule has 3 rings (SSSR count). The molecule has 6 nitrogen and oxygen atoms in total. The Kier molecular flexibility index (Phi) is 3.90. The van der Waals surface area contributed by atoms with Gasteiger partial charge in [0.25, 0.3) is 5.56 Å². The monoisotopic (exact) mass is 289 g/mol. The molecule has 112 valence electrons. The Morgan fingerprint density at radius 1 is 1.43 bits per heavy atom. The third kappa shape index (κ3) is 2.64. The van der Waals surface area contributed by atoms with Gasteiger partial charge in [-0.05, 0) is 25.3 Å². The maximum absolute atomic E-state index is 12.4. The van der Waals surface area contributed by atoms with E-state index >= 15 is 0 Å². The number of aliphatic hydroxyl groups excluding tert-OH is 2. The van der Waals surface area contributed by atoms with E-state index < -0.39 is 6.10 Å². The smallest absolute Gasteiger partial charge is 0.261 e. The minimum absolute atomic E-state index is 0.189. The molecule has 0 spiro atoms. The van der Waals surface area contributed by atoms with Crippen molar-refractivity contribution in [1.29, 1.82) is 0 Å². The number of nitrogens with one attached hydrogen (secondary N) is 1. The molecule has 0 saturated carbocycles. The number of fused-ring (bicyclic) bond motifs is 1. The minimum Gasteiger partial charge on any atom is -0.391 e. The van der Waals surface area contributed by atoms with Crippen molar-refractivity contribution >= 4 is 5.82 Å². The summed E-state index contributed by atoms with van der Waals surface area (Å²) in [6.07, 6.45) is 8.10. The molecule has 0 fully saturated rings. The standard InChI is InChI=1S/C15H19N3O3/c19-9-10-14(16-11-5-1-2-6-12(11)20)17-13-7-3-4-8-18(13)15(10)21/h1-2,5,12,16,19-20H,3-4,6-9H2. The third-order valence-electron chi connectivity index (χ3n) is 3.92. The second-order valence-corrected chi connectivity index (χ2v) is 5.35. The van der Waals surface area contributed by atoms with Crippen molar-refractivity contribution < 1.29 is 10.2 Å². The van der Waals surface area contributed by atoms with Gasteiger partial charge in [-0.15, -0.1) is 0 Å². The van der Waals surface area contributed by atoms with Crippen LogP contribution in [-0.2, 0) is 19.6 Å². The molecule has 21 heavy (non-hydrogen) atoms. The Balaban J connectivity index is 2.01. The average molecular weight is 289 g/mol. The normalized spacial score (nSPS) is 20.9. The van der Waals surface area contributed by atoms with E-state index in [1.165, 1.54) is 0 Å². The lowest BCUT2D eigenvalue weighted by Crippen LogP contribution is -2.32. The molecule has 6 heteroatoms. The van der Waals surface area contributed by atoms with Gasteiger partial charge in [0, 0.05) is 18.7 Å². The fraction of sp³-hybridized carbons (Fsp3) is 0.467. The molecule has 1 atom stereocenters. The second kappa shape index (κ2) is 5.83. The van der Waals surface area contributed by atoms with Gasteiger partial charge in [-0.1, -0.05) is 12.2 Å². The third-order valence-corrected chi connectivity index (χ3v) is 3.92. The Hall–Kier alpha value is -1.92. The lowest BCUT2D eigenvalue weighted by Gasteiger charge is -2.22. The van der Waals surface area contributed by atoms with Crippen LogP contribution in [0.3, 0.4) is 0 Å². The first-order valence-corrected chi connectivity index (χ1v) is 7.26. The molecule has 0 saturated heterocycles. The number of nitrogens with zero attached hydrogens (tertiary/aromatic N) is 2. The van der Waals surface area contributed by atoms with Crippen LogP contribution in [0.4, 0.5) is 5.82 Å². The predicted molar refractivity (Wildman–Crippen MR) is 78.8 cm³/mol. The fourth-order valence-corrected chi connectivity index (χ4v) is 2.74. The van der Waals surface area contributed by atoms with Crippen LogP contribution in [0, 0.1) is 0 Å². The number of hydrogen-bond acceptors (Lipinski definition) is 5. The van der Waals surface area contributed by atoms with Crippen LogP contribution in [0.1, 0.15) is 30.7 Å². The van der Waals surface area contributed by atoms with E-state index in [1.54, 1.807) is 10.6 Å². The number of aromatic nitrogens is 2. The zero-order valence-electron chi connectivity index (χ0n) is 11.7. The summed E-state index contributed by atoms with van der Waals surface area (Å²) in [5.41, 5.74) is 0.661. The first-order valence-electron chi connectivity index (χ1n) is 7.26. The second-order valence-electron chi connectivity index (χ2n) is 5.35. The minimum atomic E-state index is -0.637. The number of hydrogen-bond donors (Lipinski definition) is 3. The summed E-state index contributed by atoms with van der Waals surface area (Å²) >= 11 is 0. The Morgan fingerprint density at radius 3 is 3.05 bits per heavy atom. The summed E-state index contributed by atoms with van der Waals surface area (Å²) in [4.78, 5) is 16.9. The van der Waals surface area contributed by atoms with Crippen molar-refractivity contribution in [2.75, 3.05) is 5.32 Å². The molecule has 1 aromatic rings. The highest BCUT2D eigenvalue weighted by molar-refractivity contribution is 5.50. The first kappa shape index (κ1) is 14.0. The molecule has 0 radical (unpaired) electrons. The quantitative estimate of drug-likeness (QED) is 0.762. The van der Waals surface area contributed by atoms with Gasteiger partial charge in [-0.2, -0.15) is 0 Å². The SMILES string of the molecule is O=c1c(CO)c(NC2=CC=CCC2O)nc2n1CCCC2. The van der Waals surface area contributed by atoms with Crippen molar-refractivity contribution in [2.45, 2.75) is 44.9 Å². The topological polar surface area (TPSA) is 87.4 Å². The summed E-state index contributed by atoms with van der Waals surface area (Å²) in [5, 5.41) is 22.5. The molecule has 2 heterocycles. The van der Waals surface area contributed by atoms with Crippen LogP contribution in [0.25, 0.3) is 0 Å². The van der Waals surface area contributed by atoms with E-state index in [4.69, 9.17) is 0 Å². The molecular formula is C15H19N3O3. The number of rotatable bonds is 3. The van der Waals surface area contributed by atoms with E-state index in [1.807, 2.05) is 12.2 Å². The van der Waals surface area contributed by atoms with Crippen molar-refractivity contribution in [2.24, 2.45) is 0 Å². The molecule has 1 aromatic heterocycles. The zero-order valence-corrected chi connectivity index (χ0v) is 11.7. The lowest BCUT2D eigenvalue weighted by atomic mass is 10.1. The maximum Gasteiger partial charge on any atom is 0.261 e. The number of aliphatic hydroxyl groups is 2. The van der Waals surface area contributed by atoms with E-state index in [0.29, 0.717) is 24.5 Å². The summed E-state index contributed by atoms with van der Waals surface area (Å²) in [7, 11) is 0. The average Bonchev–Trinajstić information content (AvgIpc) is 2.50. The Labute approximate surface area is 122 Å². The first-order chi connectivity index (χ1) is 10.2. The molecule has 0 amide bonds. The van der Waals surface area contributed by atoms with Crippen LogP contribution in [0.2, 0.25) is 0 Å². The van der Waals surface area contributed by atoms with Crippen LogP contribution in [0.15, 0.2) is 28.7 Å². The number of aryl methyl sites for hydroxylation is 1. The van der Waals surface area contributed by atoms with E-state index in [2.05, 4.69) is 10.3 Å². The molecular weight excluding hydrogens is 270 g/mol. The van der Waals surface area contributed by atoms with Crippen LogP contribution in [-0.4, -0.2) is 25.9 Å². The van der Waals surface area contributed by atoms with Gasteiger partial charge in [-0.3, -0.25) is 9.36 Å². The largest absolute Gasteiger partial charge is 0.391 e. The highest BCUT2D eigenvalue weighted by atomic mass is 16.3. The zero-order chi connectivity index (χ0) is 14.8. The fourth-order valence-electron chi connectivity index (χ4n) is 2.74. The molecule has 0 bridgehead atoms. The molecule has 3 N–H and O–H groups in total. The van der Waals surface area contributed by atoms with Crippen molar-refractivity contribution in [3.63, 3.8) is 0 Å². The van der Waals surface area contributed by atoms with Crippen LogP contribution >= 0.6 is 0 Å². The van der Waals surface area contributed by atoms with Crippen molar-refractivity contribution in [1.82, 2.24) is 9.55 Å². The Bertz CT molecular complexity index is 661.